The molecule has 20 heavy (non-hydrogen) atoms. The fourth-order valence-corrected chi connectivity index (χ4v) is 3.52. The van der Waals surface area contributed by atoms with Crippen LogP contribution in [0.5, 0.6) is 0 Å². The third-order valence-corrected chi connectivity index (χ3v) is 5.06. The second kappa shape index (κ2) is 6.85. The van der Waals surface area contributed by atoms with E-state index in [0.29, 0.717) is 21.6 Å². The van der Waals surface area contributed by atoms with Crippen LogP contribution in [-0.4, -0.2) is 11.5 Å². The molecule has 1 aromatic rings. The quantitative estimate of drug-likeness (QED) is 0.780. The Morgan fingerprint density at radius 2 is 2.05 bits per heavy atom. The second-order valence-electron chi connectivity index (χ2n) is 5.66. The summed E-state index contributed by atoms with van der Waals surface area (Å²) in [6.07, 6.45) is 5.00. The molecule has 110 valence electrons. The van der Waals surface area contributed by atoms with Crippen LogP contribution >= 0.6 is 28.1 Å². The van der Waals surface area contributed by atoms with Crippen molar-refractivity contribution in [3.63, 3.8) is 0 Å². The number of thiocarbonyl (C=S) groups is 1. The first-order chi connectivity index (χ1) is 9.49. The summed E-state index contributed by atoms with van der Waals surface area (Å²) in [6, 6.07) is 3.46. The predicted octanol–water partition coefficient (Wildman–Crippen LogP) is 4.46. The van der Waals surface area contributed by atoms with Crippen LogP contribution in [0.25, 0.3) is 0 Å². The Morgan fingerprint density at radius 1 is 1.40 bits per heavy atom. The number of nitrogens with one attached hydrogen (secondary N) is 1. The molecule has 0 unspecified atom stereocenters. The van der Waals surface area contributed by atoms with Crippen molar-refractivity contribution in [2.24, 2.45) is 17.6 Å². The van der Waals surface area contributed by atoms with E-state index in [0.717, 1.165) is 12.5 Å². The molecule has 2 rings (SSSR count). The average Bonchev–Trinajstić information content (AvgIpc) is 2.42. The van der Waals surface area contributed by atoms with Gasteiger partial charge in [0, 0.05) is 12.1 Å². The standard InChI is InChI=1S/C15H20BrFN2S/c1-9-2-4-10(5-3-9)8-19-12-7-6-11(15(18)20)13(16)14(12)17/h6-7,9-10,19H,2-5,8H2,1H3,(H2,18,20). The van der Waals surface area contributed by atoms with Gasteiger partial charge in [0.15, 0.2) is 5.82 Å². The zero-order valence-corrected chi connectivity index (χ0v) is 14.0. The maximum atomic E-state index is 14.2. The zero-order valence-electron chi connectivity index (χ0n) is 11.6. The Morgan fingerprint density at radius 3 is 2.65 bits per heavy atom. The first kappa shape index (κ1) is 15.7. The Balaban J connectivity index is 2.00. The van der Waals surface area contributed by atoms with Gasteiger partial charge in [0.05, 0.1) is 10.2 Å². The van der Waals surface area contributed by atoms with E-state index in [-0.39, 0.29) is 10.8 Å². The van der Waals surface area contributed by atoms with Crippen LogP contribution < -0.4 is 11.1 Å². The molecule has 0 atom stereocenters. The highest BCUT2D eigenvalue weighted by Crippen LogP contribution is 2.30. The molecule has 0 saturated heterocycles. The Hall–Kier alpha value is -0.680. The lowest BCUT2D eigenvalue weighted by molar-refractivity contribution is 0.300. The summed E-state index contributed by atoms with van der Waals surface area (Å²) in [5.41, 5.74) is 6.60. The number of hydrogen-bond donors (Lipinski definition) is 2. The molecule has 1 aliphatic carbocycles. The molecule has 0 aliphatic heterocycles. The molecule has 0 aromatic heterocycles. The van der Waals surface area contributed by atoms with Crippen molar-refractivity contribution in [3.8, 4) is 0 Å². The lowest BCUT2D eigenvalue weighted by Gasteiger charge is -2.26. The Labute approximate surface area is 133 Å². The van der Waals surface area contributed by atoms with Gasteiger partial charge >= 0.3 is 0 Å². The van der Waals surface area contributed by atoms with E-state index in [1.807, 2.05) is 0 Å². The van der Waals surface area contributed by atoms with E-state index in [9.17, 15) is 4.39 Å². The average molecular weight is 359 g/mol. The third kappa shape index (κ3) is 3.70. The van der Waals surface area contributed by atoms with Crippen molar-refractivity contribution in [2.45, 2.75) is 32.6 Å². The SMILES string of the molecule is CC1CCC(CNc2ccc(C(N)=S)c(Br)c2F)CC1. The van der Waals surface area contributed by atoms with Gasteiger partial charge in [-0.3, -0.25) is 0 Å². The Kier molecular flexibility index (Phi) is 5.38. The summed E-state index contributed by atoms with van der Waals surface area (Å²) in [7, 11) is 0. The first-order valence-corrected chi connectivity index (χ1v) is 8.20. The van der Waals surface area contributed by atoms with Crippen LogP contribution in [-0.2, 0) is 0 Å². The number of anilines is 1. The largest absolute Gasteiger partial charge is 0.389 e. The highest BCUT2D eigenvalue weighted by atomic mass is 79.9. The van der Waals surface area contributed by atoms with Crippen molar-refractivity contribution >= 4 is 38.8 Å². The van der Waals surface area contributed by atoms with Gasteiger partial charge in [0.1, 0.15) is 4.99 Å². The van der Waals surface area contributed by atoms with Gasteiger partial charge in [-0.2, -0.15) is 0 Å². The van der Waals surface area contributed by atoms with Crippen LogP contribution in [0.15, 0.2) is 16.6 Å². The molecule has 0 radical (unpaired) electrons. The third-order valence-electron chi connectivity index (χ3n) is 4.06. The Bertz CT molecular complexity index is 499. The molecule has 5 heteroatoms. The smallest absolute Gasteiger partial charge is 0.161 e. The van der Waals surface area contributed by atoms with Gasteiger partial charge in [-0.15, -0.1) is 0 Å². The first-order valence-electron chi connectivity index (χ1n) is 7.00. The van der Waals surface area contributed by atoms with E-state index in [2.05, 4.69) is 28.2 Å². The highest BCUT2D eigenvalue weighted by Gasteiger charge is 2.19. The molecule has 3 N–H and O–H groups in total. The van der Waals surface area contributed by atoms with Crippen molar-refractivity contribution in [1.29, 1.82) is 0 Å². The van der Waals surface area contributed by atoms with Crippen LogP contribution in [0.4, 0.5) is 10.1 Å². The van der Waals surface area contributed by atoms with Crippen LogP contribution in [0.3, 0.4) is 0 Å². The maximum Gasteiger partial charge on any atom is 0.161 e. The number of nitrogens with two attached hydrogens (primary N) is 1. The summed E-state index contributed by atoms with van der Waals surface area (Å²) in [6.45, 7) is 3.12. The van der Waals surface area contributed by atoms with Gasteiger partial charge in [0.25, 0.3) is 0 Å². The summed E-state index contributed by atoms with van der Waals surface area (Å²) < 4.78 is 14.6. The molecule has 0 heterocycles. The molecule has 0 spiro atoms. The summed E-state index contributed by atoms with van der Waals surface area (Å²) in [4.78, 5) is 0.198. The molecule has 2 nitrogen and oxygen atoms in total. The molecular formula is C15H20BrFN2S. The zero-order chi connectivity index (χ0) is 14.7. The van der Waals surface area contributed by atoms with Crippen LogP contribution in [0.2, 0.25) is 0 Å². The van der Waals surface area contributed by atoms with Crippen molar-refractivity contribution in [2.75, 3.05) is 11.9 Å². The minimum atomic E-state index is -0.320. The number of benzene rings is 1. The van der Waals surface area contributed by atoms with Crippen LogP contribution in [0, 0.1) is 17.7 Å². The summed E-state index contributed by atoms with van der Waals surface area (Å²) in [5.74, 6) is 1.15. The lowest BCUT2D eigenvalue weighted by atomic mass is 9.83. The molecule has 0 bridgehead atoms. The number of halogens is 2. The highest BCUT2D eigenvalue weighted by molar-refractivity contribution is 9.10. The normalized spacial score (nSPS) is 22.6. The van der Waals surface area contributed by atoms with Crippen LogP contribution in [0.1, 0.15) is 38.2 Å². The van der Waals surface area contributed by atoms with E-state index >= 15 is 0 Å². The minimum Gasteiger partial charge on any atom is -0.389 e. The van der Waals surface area contributed by atoms with E-state index in [1.54, 1.807) is 12.1 Å². The monoisotopic (exact) mass is 358 g/mol. The summed E-state index contributed by atoms with van der Waals surface area (Å²) in [5, 5.41) is 3.22. The molecule has 1 fully saturated rings. The summed E-state index contributed by atoms with van der Waals surface area (Å²) >= 11 is 8.11. The van der Waals surface area contributed by atoms with Gasteiger partial charge in [-0.25, -0.2) is 4.39 Å². The molecule has 1 aliphatic rings. The van der Waals surface area contributed by atoms with Crippen molar-refractivity contribution in [1.82, 2.24) is 0 Å². The van der Waals surface area contributed by atoms with Gasteiger partial charge in [-0.1, -0.05) is 32.0 Å². The number of rotatable bonds is 4. The lowest BCUT2D eigenvalue weighted by Crippen LogP contribution is -2.20. The second-order valence-corrected chi connectivity index (χ2v) is 6.89. The molecule has 1 aromatic carbocycles. The van der Waals surface area contributed by atoms with Crippen molar-refractivity contribution < 1.29 is 4.39 Å². The molecular weight excluding hydrogens is 339 g/mol. The van der Waals surface area contributed by atoms with Gasteiger partial charge in [-0.05, 0) is 52.7 Å². The fourth-order valence-electron chi connectivity index (χ4n) is 2.66. The van der Waals surface area contributed by atoms with E-state index in [1.165, 1.54) is 25.7 Å². The van der Waals surface area contributed by atoms with Crippen molar-refractivity contribution in [3.05, 3.63) is 28.0 Å². The minimum absolute atomic E-state index is 0.198. The number of hydrogen-bond acceptors (Lipinski definition) is 2. The topological polar surface area (TPSA) is 38.0 Å². The molecule has 0 amide bonds. The van der Waals surface area contributed by atoms with E-state index < -0.39 is 0 Å². The fraction of sp³-hybridized carbons (Fsp3) is 0.533. The van der Waals surface area contributed by atoms with Gasteiger partial charge in [0.2, 0.25) is 0 Å². The van der Waals surface area contributed by atoms with Gasteiger partial charge < -0.3 is 11.1 Å². The maximum absolute atomic E-state index is 14.2. The predicted molar refractivity (Wildman–Crippen MR) is 89.6 cm³/mol. The van der Waals surface area contributed by atoms with E-state index in [4.69, 9.17) is 18.0 Å². The molecule has 1 saturated carbocycles.